The van der Waals surface area contributed by atoms with E-state index in [-0.39, 0.29) is 5.92 Å². The predicted octanol–water partition coefficient (Wildman–Crippen LogP) is 6.81. The van der Waals surface area contributed by atoms with Gasteiger partial charge in [0.2, 0.25) is 5.91 Å². The van der Waals surface area contributed by atoms with Gasteiger partial charge < -0.3 is 19.4 Å². The van der Waals surface area contributed by atoms with Crippen molar-refractivity contribution in [2.75, 3.05) is 20.1 Å². The van der Waals surface area contributed by atoms with E-state index in [1.807, 2.05) is 18.7 Å². The zero-order valence-corrected chi connectivity index (χ0v) is 25.6. The number of hydrogen-bond donors (Lipinski definition) is 1. The summed E-state index contributed by atoms with van der Waals surface area (Å²) in [6, 6.07) is 14.4. The van der Waals surface area contributed by atoms with Crippen molar-refractivity contribution in [1.82, 2.24) is 24.3 Å². The number of fused-ring (bicyclic) bond motifs is 3. The fourth-order valence-electron chi connectivity index (χ4n) is 7.51. The van der Waals surface area contributed by atoms with E-state index in [1.54, 1.807) is 0 Å². The molecule has 2 aliphatic rings. The largest absolute Gasteiger partial charge is 0.354 e. The van der Waals surface area contributed by atoms with E-state index < -0.39 is 5.41 Å². The summed E-state index contributed by atoms with van der Waals surface area (Å²) >= 11 is 0. The molecule has 0 radical (unpaired) electrons. The number of nitrogens with zero attached hydrogens (tertiary/aromatic N) is 4. The van der Waals surface area contributed by atoms with Gasteiger partial charge in [-0.25, -0.2) is 4.98 Å². The summed E-state index contributed by atoms with van der Waals surface area (Å²) in [4.78, 5) is 26.6. The van der Waals surface area contributed by atoms with E-state index in [4.69, 9.17) is 0 Å². The summed E-state index contributed by atoms with van der Waals surface area (Å²) in [7, 11) is 2.20. The van der Waals surface area contributed by atoms with Gasteiger partial charge in [-0.2, -0.15) is 0 Å². The molecule has 2 aliphatic heterocycles. The average molecular weight is 552 g/mol. The molecule has 6 rings (SSSR count). The maximum Gasteiger partial charge on any atom is 0.233 e. The van der Waals surface area contributed by atoms with Crippen molar-refractivity contribution >= 4 is 16.8 Å². The number of aromatic amines is 1. The van der Waals surface area contributed by atoms with Crippen LogP contribution in [0.2, 0.25) is 0 Å². The average Bonchev–Trinajstić information content (AvgIpc) is 3.74. The number of imidazole rings is 1. The molecule has 1 unspecified atom stereocenters. The molecule has 2 aromatic heterocycles. The number of aromatic nitrogens is 3. The Morgan fingerprint density at radius 2 is 1.76 bits per heavy atom. The number of carbonyl (C=O) groups excluding carboxylic acids is 1. The third kappa shape index (κ3) is 5.23. The van der Waals surface area contributed by atoms with Crippen molar-refractivity contribution in [2.24, 2.45) is 0 Å². The molecule has 4 heterocycles. The highest BCUT2D eigenvalue weighted by molar-refractivity contribution is 5.95. The van der Waals surface area contributed by atoms with Gasteiger partial charge in [-0.15, -0.1) is 0 Å². The van der Waals surface area contributed by atoms with Gasteiger partial charge in [0.25, 0.3) is 0 Å². The Hall–Kier alpha value is -3.38. The Bertz CT molecular complexity index is 1510. The molecule has 1 amide bonds. The lowest BCUT2D eigenvalue weighted by molar-refractivity contribution is -0.137. The minimum absolute atomic E-state index is 0.288. The molecule has 4 aromatic rings. The fraction of sp³-hybridized carbons (Fsp3) is 0.486. The number of amides is 1. The Labute approximate surface area is 244 Å². The molecule has 6 nitrogen and oxygen atoms in total. The lowest BCUT2D eigenvalue weighted by Gasteiger charge is -2.33. The molecule has 0 saturated carbocycles. The van der Waals surface area contributed by atoms with Gasteiger partial charge in [0.1, 0.15) is 0 Å². The molecular formula is C35H45N5O. The van der Waals surface area contributed by atoms with E-state index in [1.165, 1.54) is 59.0 Å². The minimum Gasteiger partial charge on any atom is -0.354 e. The van der Waals surface area contributed by atoms with Gasteiger partial charge in [0.15, 0.2) is 0 Å². The topological polar surface area (TPSA) is 57.2 Å². The third-order valence-electron chi connectivity index (χ3n) is 9.67. The van der Waals surface area contributed by atoms with Crippen molar-refractivity contribution in [3.63, 3.8) is 0 Å². The molecule has 1 atom stereocenters. The molecule has 0 spiro atoms. The van der Waals surface area contributed by atoms with E-state index >= 15 is 0 Å². The highest BCUT2D eigenvalue weighted by atomic mass is 16.2. The summed E-state index contributed by atoms with van der Waals surface area (Å²) in [5.74, 6) is 0.580. The Morgan fingerprint density at radius 3 is 2.39 bits per heavy atom. The van der Waals surface area contributed by atoms with E-state index in [2.05, 4.69) is 102 Å². The van der Waals surface area contributed by atoms with E-state index in [9.17, 15) is 4.79 Å². The van der Waals surface area contributed by atoms with Crippen molar-refractivity contribution in [3.8, 4) is 11.3 Å². The molecule has 0 aliphatic carbocycles. The number of nitrogens with one attached hydrogen (secondary N) is 1. The molecular weight excluding hydrogens is 506 g/mol. The highest BCUT2D eigenvalue weighted by Crippen LogP contribution is 2.43. The number of benzene rings is 2. The Morgan fingerprint density at radius 1 is 1.07 bits per heavy atom. The lowest BCUT2D eigenvalue weighted by Crippen LogP contribution is -2.45. The van der Waals surface area contributed by atoms with Crippen molar-refractivity contribution in [2.45, 2.75) is 90.3 Å². The molecule has 2 saturated heterocycles. The first-order valence-corrected chi connectivity index (χ1v) is 15.3. The smallest absolute Gasteiger partial charge is 0.233 e. The van der Waals surface area contributed by atoms with Crippen LogP contribution in [-0.4, -0.2) is 62.5 Å². The quantitative estimate of drug-likeness (QED) is 0.248. The van der Waals surface area contributed by atoms with E-state index in [0.717, 1.165) is 30.7 Å². The molecule has 41 heavy (non-hydrogen) atoms. The second kappa shape index (κ2) is 10.8. The number of H-pyrrole nitrogens is 1. The predicted molar refractivity (Wildman–Crippen MR) is 167 cm³/mol. The van der Waals surface area contributed by atoms with Gasteiger partial charge in [-0.3, -0.25) is 4.79 Å². The van der Waals surface area contributed by atoms with Gasteiger partial charge in [0, 0.05) is 55.0 Å². The van der Waals surface area contributed by atoms with Crippen LogP contribution in [0.5, 0.6) is 0 Å². The molecule has 2 bridgehead atoms. The number of hydrogen-bond acceptors (Lipinski definition) is 3. The first-order chi connectivity index (χ1) is 19.6. The van der Waals surface area contributed by atoms with Crippen LogP contribution in [0.15, 0.2) is 55.1 Å². The molecule has 6 heteroatoms. The van der Waals surface area contributed by atoms with Crippen molar-refractivity contribution in [1.29, 1.82) is 0 Å². The van der Waals surface area contributed by atoms with Crippen LogP contribution in [0.3, 0.4) is 0 Å². The SMILES string of the molecule is Cc1cc(C)cc(-c2[nH]c3ccc(C(C)(C)C(=O)N4C5CCC4CC5)cc3c2C(C)CN(C)CCn2ccnc2)c1. The summed E-state index contributed by atoms with van der Waals surface area (Å²) in [5, 5.41) is 1.23. The standard InChI is InChI=1S/C35H45N5O/c1-23-17-24(2)19-26(18-23)33-32(25(3)21-38(6)15-16-39-14-13-36-22-39)30-20-27(7-12-31(30)37-33)35(4,5)34(41)40-28-8-9-29(40)11-10-28/h7,12-14,17-20,22,25,28-29,37H,8-11,15-16,21H2,1-6H3. The van der Waals surface area contributed by atoms with Crippen LogP contribution >= 0.6 is 0 Å². The number of carbonyl (C=O) groups is 1. The van der Waals surface area contributed by atoms with Crippen molar-refractivity contribution in [3.05, 3.63) is 77.4 Å². The molecule has 2 aromatic carbocycles. The van der Waals surface area contributed by atoms with Gasteiger partial charge in [-0.1, -0.05) is 30.2 Å². The second-order valence-corrected chi connectivity index (χ2v) is 13.3. The summed E-state index contributed by atoms with van der Waals surface area (Å²) in [5.41, 5.74) is 7.96. The zero-order chi connectivity index (χ0) is 28.9. The third-order valence-corrected chi connectivity index (χ3v) is 9.67. The van der Waals surface area contributed by atoms with Crippen molar-refractivity contribution < 1.29 is 4.79 Å². The Kier molecular flexibility index (Phi) is 7.31. The van der Waals surface area contributed by atoms with E-state index in [0.29, 0.717) is 18.0 Å². The number of likely N-dealkylation sites (N-methyl/N-ethyl adjacent to an activating group) is 1. The lowest BCUT2D eigenvalue weighted by atomic mass is 9.81. The van der Waals surface area contributed by atoms with Crippen LogP contribution in [0.4, 0.5) is 0 Å². The molecule has 2 fully saturated rings. The first kappa shape index (κ1) is 27.8. The normalized spacial score (nSPS) is 19.5. The first-order valence-electron chi connectivity index (χ1n) is 15.3. The van der Waals surface area contributed by atoms with Crippen LogP contribution in [-0.2, 0) is 16.8 Å². The van der Waals surface area contributed by atoms with Crippen LogP contribution < -0.4 is 0 Å². The van der Waals surface area contributed by atoms with Gasteiger partial charge in [0.05, 0.1) is 17.4 Å². The summed E-state index contributed by atoms with van der Waals surface area (Å²) < 4.78 is 2.13. The maximum absolute atomic E-state index is 14.0. The fourth-order valence-corrected chi connectivity index (χ4v) is 7.51. The van der Waals surface area contributed by atoms with Crippen LogP contribution in [0, 0.1) is 13.8 Å². The van der Waals surface area contributed by atoms with Crippen LogP contribution in [0.25, 0.3) is 22.2 Å². The summed E-state index contributed by atoms with van der Waals surface area (Å²) in [6.45, 7) is 13.7. The minimum atomic E-state index is -0.571. The maximum atomic E-state index is 14.0. The monoisotopic (exact) mass is 551 g/mol. The number of aryl methyl sites for hydroxylation is 2. The second-order valence-electron chi connectivity index (χ2n) is 13.3. The molecule has 216 valence electrons. The summed E-state index contributed by atoms with van der Waals surface area (Å²) in [6.07, 6.45) is 10.4. The van der Waals surface area contributed by atoms with Gasteiger partial charge in [-0.05, 0) is 107 Å². The highest BCUT2D eigenvalue weighted by Gasteiger charge is 2.47. The van der Waals surface area contributed by atoms with Crippen LogP contribution in [0.1, 0.15) is 74.6 Å². The Balaban J connectivity index is 1.37. The van der Waals surface area contributed by atoms with Gasteiger partial charge >= 0.3 is 0 Å². The zero-order valence-electron chi connectivity index (χ0n) is 25.6. The number of rotatable bonds is 9. The molecule has 1 N–H and O–H groups in total.